The molecule has 2 aliphatic rings. The van der Waals surface area contributed by atoms with Gasteiger partial charge < -0.3 is 4.74 Å². The van der Waals surface area contributed by atoms with Crippen LogP contribution in [0.2, 0.25) is 5.02 Å². The molecule has 0 spiro atoms. The number of halogens is 1. The van der Waals surface area contributed by atoms with E-state index in [2.05, 4.69) is 23.7 Å². The van der Waals surface area contributed by atoms with E-state index in [0.717, 1.165) is 37.2 Å². The van der Waals surface area contributed by atoms with Gasteiger partial charge in [-0.05, 0) is 29.4 Å². The first-order valence-corrected chi connectivity index (χ1v) is 7.64. The van der Waals surface area contributed by atoms with Gasteiger partial charge in [-0.15, -0.1) is 0 Å². The van der Waals surface area contributed by atoms with Crippen molar-refractivity contribution in [3.05, 3.63) is 29.0 Å². The highest BCUT2D eigenvalue weighted by atomic mass is 35.5. The zero-order chi connectivity index (χ0) is 14.4. The van der Waals surface area contributed by atoms with E-state index >= 15 is 0 Å². The fraction of sp³-hybridized carbons (Fsp3) is 0.688. The Bertz CT molecular complexity index is 505. The normalized spacial score (nSPS) is 31.9. The van der Waals surface area contributed by atoms with Crippen LogP contribution in [0.15, 0.2) is 18.5 Å². The lowest BCUT2D eigenvalue weighted by molar-refractivity contribution is -0.107. The molecular formula is C16H23ClN2O. The number of pyridine rings is 1. The van der Waals surface area contributed by atoms with E-state index in [0.29, 0.717) is 10.8 Å². The summed E-state index contributed by atoms with van der Waals surface area (Å²) in [5, 5.41) is 0.719. The largest absolute Gasteiger partial charge is 0.384 e. The van der Waals surface area contributed by atoms with E-state index < -0.39 is 0 Å². The van der Waals surface area contributed by atoms with Crippen molar-refractivity contribution in [1.82, 2.24) is 9.88 Å². The zero-order valence-electron chi connectivity index (χ0n) is 12.5. The van der Waals surface area contributed by atoms with Gasteiger partial charge in [0, 0.05) is 44.6 Å². The summed E-state index contributed by atoms with van der Waals surface area (Å²) in [6.07, 6.45) is 4.87. The van der Waals surface area contributed by atoms with Crippen LogP contribution in [0.4, 0.5) is 0 Å². The smallest absolute Gasteiger partial charge is 0.0592 e. The highest BCUT2D eigenvalue weighted by Crippen LogP contribution is 2.62. The van der Waals surface area contributed by atoms with Gasteiger partial charge in [0.05, 0.1) is 11.6 Å². The molecule has 4 heteroatoms. The number of fused-ring (bicyclic) bond motifs is 1. The van der Waals surface area contributed by atoms with Gasteiger partial charge >= 0.3 is 0 Å². The molecule has 2 heterocycles. The molecule has 2 atom stereocenters. The standard InChI is InChI=1S/C16H23ClN2O/c1-15(2)9-16(11-20-3)10-19(8-14(15)16)7-12-4-13(17)6-18-5-12/h4-6,14H,7-11H2,1-3H3/t14-,16-/m1/s1. The van der Waals surface area contributed by atoms with Crippen molar-refractivity contribution in [3.63, 3.8) is 0 Å². The minimum Gasteiger partial charge on any atom is -0.384 e. The maximum atomic E-state index is 6.02. The predicted octanol–water partition coefficient (Wildman–Crippen LogP) is 3.23. The van der Waals surface area contributed by atoms with Crippen LogP contribution >= 0.6 is 11.6 Å². The van der Waals surface area contributed by atoms with Gasteiger partial charge in [-0.25, -0.2) is 0 Å². The summed E-state index contributed by atoms with van der Waals surface area (Å²) in [5.74, 6) is 0.738. The molecule has 3 nitrogen and oxygen atoms in total. The van der Waals surface area contributed by atoms with E-state index in [1.807, 2.05) is 19.4 Å². The number of methoxy groups -OCH3 is 1. The van der Waals surface area contributed by atoms with Crippen molar-refractivity contribution in [2.45, 2.75) is 26.8 Å². The van der Waals surface area contributed by atoms with E-state index in [1.54, 1.807) is 6.20 Å². The van der Waals surface area contributed by atoms with Crippen LogP contribution in [0.3, 0.4) is 0 Å². The molecule has 0 aromatic carbocycles. The summed E-state index contributed by atoms with van der Waals surface area (Å²) in [7, 11) is 1.82. The van der Waals surface area contributed by atoms with Crippen LogP contribution in [-0.4, -0.2) is 36.7 Å². The summed E-state index contributed by atoms with van der Waals surface area (Å²) >= 11 is 6.02. The van der Waals surface area contributed by atoms with Crippen molar-refractivity contribution in [3.8, 4) is 0 Å². The summed E-state index contributed by atoms with van der Waals surface area (Å²) in [6.45, 7) is 8.87. The molecule has 0 N–H and O–H groups in total. The maximum absolute atomic E-state index is 6.02. The third kappa shape index (κ3) is 2.36. The zero-order valence-corrected chi connectivity index (χ0v) is 13.3. The number of nitrogens with zero attached hydrogens (tertiary/aromatic N) is 2. The van der Waals surface area contributed by atoms with Gasteiger partial charge in [-0.2, -0.15) is 0 Å². The molecule has 0 amide bonds. The minimum atomic E-state index is 0.365. The lowest BCUT2D eigenvalue weighted by Gasteiger charge is -2.56. The summed E-state index contributed by atoms with van der Waals surface area (Å²) in [6, 6.07) is 2.02. The SMILES string of the molecule is COC[C@@]12CN(Cc3cncc(Cl)c3)C[C@@H]1C(C)(C)C2. The molecule has 1 aliphatic carbocycles. The van der Waals surface area contributed by atoms with Gasteiger partial charge in [0.25, 0.3) is 0 Å². The Kier molecular flexibility index (Phi) is 3.56. The van der Waals surface area contributed by atoms with Gasteiger partial charge in [0.2, 0.25) is 0 Å². The van der Waals surface area contributed by atoms with Crippen LogP contribution in [0.1, 0.15) is 25.8 Å². The van der Waals surface area contributed by atoms with Gasteiger partial charge in [-0.3, -0.25) is 9.88 Å². The van der Waals surface area contributed by atoms with E-state index in [4.69, 9.17) is 16.3 Å². The fourth-order valence-electron chi connectivity index (χ4n) is 4.63. The Morgan fingerprint density at radius 1 is 1.45 bits per heavy atom. The highest BCUT2D eigenvalue weighted by Gasteiger charge is 2.62. The molecule has 20 heavy (non-hydrogen) atoms. The first-order valence-electron chi connectivity index (χ1n) is 7.26. The number of ether oxygens (including phenoxy) is 1. The monoisotopic (exact) mass is 294 g/mol. The summed E-state index contributed by atoms with van der Waals surface area (Å²) in [5.41, 5.74) is 2.01. The van der Waals surface area contributed by atoms with Crippen LogP contribution < -0.4 is 0 Å². The van der Waals surface area contributed by atoms with Crippen molar-refractivity contribution in [1.29, 1.82) is 0 Å². The lowest BCUT2D eigenvalue weighted by Crippen LogP contribution is -2.55. The molecule has 1 aromatic heterocycles. The van der Waals surface area contributed by atoms with Crippen molar-refractivity contribution >= 4 is 11.6 Å². The maximum Gasteiger partial charge on any atom is 0.0592 e. The first kappa shape index (κ1) is 14.3. The average Bonchev–Trinajstić information content (AvgIpc) is 2.64. The minimum absolute atomic E-state index is 0.365. The summed E-state index contributed by atoms with van der Waals surface area (Å²) in [4.78, 5) is 6.71. The van der Waals surface area contributed by atoms with Crippen molar-refractivity contribution < 1.29 is 4.74 Å². The second-order valence-corrected chi connectivity index (χ2v) is 7.63. The number of likely N-dealkylation sites (tertiary alicyclic amines) is 1. The Balaban J connectivity index is 1.72. The number of aromatic nitrogens is 1. The predicted molar refractivity (Wildman–Crippen MR) is 80.7 cm³/mol. The molecule has 2 fully saturated rings. The third-order valence-corrected chi connectivity index (χ3v) is 5.28. The molecule has 0 unspecified atom stereocenters. The van der Waals surface area contributed by atoms with E-state index in [-0.39, 0.29) is 0 Å². The van der Waals surface area contributed by atoms with Crippen LogP contribution in [0.5, 0.6) is 0 Å². The van der Waals surface area contributed by atoms with E-state index in [1.165, 1.54) is 12.0 Å². The van der Waals surface area contributed by atoms with Gasteiger partial charge in [-0.1, -0.05) is 25.4 Å². The quantitative estimate of drug-likeness (QED) is 0.852. The molecule has 1 aromatic rings. The first-order chi connectivity index (χ1) is 9.45. The molecule has 1 saturated carbocycles. The molecular weight excluding hydrogens is 272 g/mol. The number of rotatable bonds is 4. The Morgan fingerprint density at radius 3 is 2.90 bits per heavy atom. The third-order valence-electron chi connectivity index (χ3n) is 5.07. The second-order valence-electron chi connectivity index (χ2n) is 7.19. The van der Waals surface area contributed by atoms with Gasteiger partial charge in [0.1, 0.15) is 0 Å². The van der Waals surface area contributed by atoms with Gasteiger partial charge in [0.15, 0.2) is 0 Å². The summed E-state index contributed by atoms with van der Waals surface area (Å²) < 4.78 is 5.50. The van der Waals surface area contributed by atoms with Crippen molar-refractivity contribution in [2.24, 2.45) is 16.7 Å². The fourth-order valence-corrected chi connectivity index (χ4v) is 4.83. The molecule has 0 radical (unpaired) electrons. The average molecular weight is 295 g/mol. The molecule has 3 rings (SSSR count). The van der Waals surface area contributed by atoms with Crippen LogP contribution in [-0.2, 0) is 11.3 Å². The lowest BCUT2D eigenvalue weighted by atomic mass is 9.48. The van der Waals surface area contributed by atoms with Crippen LogP contribution in [0.25, 0.3) is 0 Å². The molecule has 1 aliphatic heterocycles. The molecule has 1 saturated heterocycles. The Hall–Kier alpha value is -0.640. The highest BCUT2D eigenvalue weighted by molar-refractivity contribution is 6.30. The van der Waals surface area contributed by atoms with Crippen LogP contribution in [0, 0.1) is 16.7 Å². The second kappa shape index (κ2) is 4.97. The van der Waals surface area contributed by atoms with Crippen molar-refractivity contribution in [2.75, 3.05) is 26.8 Å². The number of hydrogen-bond donors (Lipinski definition) is 0. The molecule has 110 valence electrons. The Labute approximate surface area is 126 Å². The molecule has 0 bridgehead atoms. The number of hydrogen-bond acceptors (Lipinski definition) is 3. The Morgan fingerprint density at radius 2 is 2.25 bits per heavy atom. The topological polar surface area (TPSA) is 25.4 Å². The van der Waals surface area contributed by atoms with E-state index in [9.17, 15) is 0 Å².